The molecule has 0 spiro atoms. The fourth-order valence-corrected chi connectivity index (χ4v) is 5.50. The van der Waals surface area contributed by atoms with Crippen LogP contribution in [0.2, 0.25) is 0 Å². The normalized spacial score (nSPS) is 14.2. The highest BCUT2D eigenvalue weighted by Crippen LogP contribution is 2.41. The molecule has 0 saturated carbocycles. The summed E-state index contributed by atoms with van der Waals surface area (Å²) in [5, 5.41) is 4.45. The summed E-state index contributed by atoms with van der Waals surface area (Å²) in [5.74, 6) is 0.128. The number of ether oxygens (including phenoxy) is 3. The number of fused-ring (bicyclic) bond motifs is 1. The third-order valence-corrected chi connectivity index (χ3v) is 6.87. The molecule has 2 heterocycles. The van der Waals surface area contributed by atoms with Crippen LogP contribution >= 0.6 is 11.3 Å². The number of thiophene rings is 1. The van der Waals surface area contributed by atoms with Crippen LogP contribution in [0.3, 0.4) is 0 Å². The first-order valence-corrected chi connectivity index (χ1v) is 12.8. The van der Waals surface area contributed by atoms with Gasteiger partial charge in [0.1, 0.15) is 16.4 Å². The summed E-state index contributed by atoms with van der Waals surface area (Å²) in [5.41, 5.74) is 1.82. The second-order valence-electron chi connectivity index (χ2n) is 7.32. The molecule has 2 aromatic rings. The molecule has 0 saturated heterocycles. The number of nitrogens with zero attached hydrogens (tertiary/aromatic N) is 1. The highest BCUT2D eigenvalue weighted by atomic mass is 32.2. The second-order valence-corrected chi connectivity index (χ2v) is 10.4. The molecule has 1 N–H and O–H groups in total. The zero-order valence-corrected chi connectivity index (χ0v) is 20.0. The van der Waals surface area contributed by atoms with Gasteiger partial charge in [-0.2, -0.15) is 0 Å². The Morgan fingerprint density at radius 2 is 2.03 bits per heavy atom. The van der Waals surface area contributed by atoms with E-state index in [1.807, 2.05) is 6.92 Å². The Balaban J connectivity index is 1.97. The molecule has 0 aliphatic carbocycles. The molecule has 11 heteroatoms. The standard InChI is InChI=1S/C21H26N2O7S2/c1-5-30-18-8-13(6-7-17(18)29-3)16(12-32(4,26)27)23-9-14-15(22-19(24)10-28-2)11-31-20(14)21(23)25/h6-8,11,16H,5,9-10,12H2,1-4H3,(H,22,24)/t16-/m1/s1. The van der Waals surface area contributed by atoms with E-state index < -0.39 is 15.9 Å². The van der Waals surface area contributed by atoms with Gasteiger partial charge in [-0.15, -0.1) is 11.3 Å². The van der Waals surface area contributed by atoms with Gasteiger partial charge >= 0.3 is 0 Å². The number of sulfone groups is 1. The van der Waals surface area contributed by atoms with Gasteiger partial charge < -0.3 is 24.4 Å². The van der Waals surface area contributed by atoms with Gasteiger partial charge in [-0.3, -0.25) is 9.59 Å². The molecule has 0 unspecified atom stereocenters. The van der Waals surface area contributed by atoms with Gasteiger partial charge in [-0.1, -0.05) is 6.07 Å². The zero-order valence-electron chi connectivity index (χ0n) is 18.3. The smallest absolute Gasteiger partial charge is 0.265 e. The molecule has 174 valence electrons. The molecular formula is C21H26N2O7S2. The molecule has 1 aliphatic heterocycles. The molecule has 9 nitrogen and oxygen atoms in total. The molecule has 32 heavy (non-hydrogen) atoms. The van der Waals surface area contributed by atoms with E-state index >= 15 is 0 Å². The first kappa shape index (κ1) is 24.0. The summed E-state index contributed by atoms with van der Waals surface area (Å²) in [6.45, 7) is 2.31. The van der Waals surface area contributed by atoms with E-state index in [0.29, 0.717) is 39.8 Å². The highest BCUT2D eigenvalue weighted by Gasteiger charge is 2.38. The fraction of sp³-hybridized carbons (Fsp3) is 0.429. The Bertz CT molecular complexity index is 1110. The average Bonchev–Trinajstić information content (AvgIpc) is 3.26. The van der Waals surface area contributed by atoms with Crippen LogP contribution in [0.15, 0.2) is 23.6 Å². The van der Waals surface area contributed by atoms with Crippen molar-refractivity contribution in [2.45, 2.75) is 19.5 Å². The van der Waals surface area contributed by atoms with Crippen molar-refractivity contribution in [2.75, 3.05) is 44.8 Å². The number of carbonyl (C=O) groups is 2. The van der Waals surface area contributed by atoms with Crippen molar-refractivity contribution >= 4 is 38.7 Å². The fourth-order valence-electron chi connectivity index (χ4n) is 3.59. The maximum absolute atomic E-state index is 13.2. The number of methoxy groups -OCH3 is 2. The van der Waals surface area contributed by atoms with Crippen LogP contribution in [-0.4, -0.2) is 64.6 Å². The van der Waals surface area contributed by atoms with Crippen molar-refractivity contribution in [3.05, 3.63) is 39.6 Å². The van der Waals surface area contributed by atoms with E-state index in [9.17, 15) is 18.0 Å². The summed E-state index contributed by atoms with van der Waals surface area (Å²) < 4.78 is 40.3. The van der Waals surface area contributed by atoms with Crippen molar-refractivity contribution in [1.29, 1.82) is 0 Å². The van der Waals surface area contributed by atoms with Crippen LogP contribution in [0, 0.1) is 0 Å². The summed E-state index contributed by atoms with van der Waals surface area (Å²) in [6.07, 6.45) is 1.14. The number of hydrogen-bond donors (Lipinski definition) is 1. The van der Waals surface area contributed by atoms with Gasteiger partial charge in [0.2, 0.25) is 5.91 Å². The molecular weight excluding hydrogens is 456 g/mol. The molecule has 1 aliphatic rings. The largest absolute Gasteiger partial charge is 0.493 e. The Labute approximate surface area is 191 Å². The van der Waals surface area contributed by atoms with Crippen LogP contribution < -0.4 is 14.8 Å². The van der Waals surface area contributed by atoms with E-state index in [1.54, 1.807) is 23.6 Å². The van der Waals surface area contributed by atoms with Gasteiger partial charge in [0.05, 0.1) is 42.6 Å². The van der Waals surface area contributed by atoms with Crippen LogP contribution in [0.1, 0.15) is 33.8 Å². The lowest BCUT2D eigenvalue weighted by Crippen LogP contribution is -2.33. The molecule has 1 aromatic carbocycles. The van der Waals surface area contributed by atoms with Gasteiger partial charge in [0.15, 0.2) is 11.5 Å². The quantitative estimate of drug-likeness (QED) is 0.554. The number of nitrogens with one attached hydrogen (secondary N) is 1. The maximum atomic E-state index is 13.2. The summed E-state index contributed by atoms with van der Waals surface area (Å²) in [7, 11) is -0.487. The lowest BCUT2D eigenvalue weighted by atomic mass is 10.1. The predicted molar refractivity (Wildman–Crippen MR) is 121 cm³/mol. The van der Waals surface area contributed by atoms with E-state index in [4.69, 9.17) is 14.2 Å². The number of carbonyl (C=O) groups excluding carboxylic acids is 2. The number of amides is 2. The minimum atomic E-state index is -3.43. The lowest BCUT2D eigenvalue weighted by molar-refractivity contribution is -0.119. The SMILES string of the molecule is CCOc1cc([C@@H](CS(C)(=O)=O)N2Cc3c(NC(=O)COC)csc3C2=O)ccc1OC. The second kappa shape index (κ2) is 9.88. The average molecular weight is 483 g/mol. The minimum Gasteiger partial charge on any atom is -0.493 e. The van der Waals surface area contributed by atoms with Crippen molar-refractivity contribution in [3.63, 3.8) is 0 Å². The van der Waals surface area contributed by atoms with E-state index in [2.05, 4.69) is 5.32 Å². The number of rotatable bonds is 10. The minimum absolute atomic E-state index is 0.106. The summed E-state index contributed by atoms with van der Waals surface area (Å²) in [6, 6.07) is 4.41. The molecule has 0 bridgehead atoms. The van der Waals surface area contributed by atoms with Gasteiger partial charge in [0, 0.05) is 24.3 Å². The molecule has 0 radical (unpaired) electrons. The molecule has 1 aromatic heterocycles. The monoisotopic (exact) mass is 482 g/mol. The number of benzene rings is 1. The van der Waals surface area contributed by atoms with Crippen molar-refractivity contribution in [3.8, 4) is 11.5 Å². The summed E-state index contributed by atoms with van der Waals surface area (Å²) >= 11 is 1.22. The van der Waals surface area contributed by atoms with Crippen LogP contribution in [0.4, 0.5) is 5.69 Å². The predicted octanol–water partition coefficient (Wildman–Crippen LogP) is 2.48. The molecule has 2 amide bonds. The molecule has 1 atom stereocenters. The van der Waals surface area contributed by atoms with Crippen LogP contribution in [0.5, 0.6) is 11.5 Å². The first-order valence-electron chi connectivity index (χ1n) is 9.87. The third-order valence-electron chi connectivity index (χ3n) is 4.94. The Hall–Kier alpha value is -2.63. The number of hydrogen-bond acceptors (Lipinski definition) is 8. The van der Waals surface area contributed by atoms with Crippen LogP contribution in [0.25, 0.3) is 0 Å². The summed E-state index contributed by atoms with van der Waals surface area (Å²) in [4.78, 5) is 27.1. The first-order chi connectivity index (χ1) is 15.2. The van der Waals surface area contributed by atoms with Crippen molar-refractivity contribution < 1.29 is 32.2 Å². The van der Waals surface area contributed by atoms with Crippen molar-refractivity contribution in [2.24, 2.45) is 0 Å². The Kier molecular flexibility index (Phi) is 7.42. The maximum Gasteiger partial charge on any atom is 0.265 e. The lowest BCUT2D eigenvalue weighted by Gasteiger charge is -2.28. The highest BCUT2D eigenvalue weighted by molar-refractivity contribution is 7.90. The van der Waals surface area contributed by atoms with E-state index in [0.717, 1.165) is 6.26 Å². The molecule has 0 fully saturated rings. The van der Waals surface area contributed by atoms with Crippen LogP contribution in [-0.2, 0) is 25.9 Å². The zero-order chi connectivity index (χ0) is 23.5. The number of anilines is 1. The van der Waals surface area contributed by atoms with Gasteiger partial charge in [-0.25, -0.2) is 8.42 Å². The van der Waals surface area contributed by atoms with Gasteiger partial charge in [0.25, 0.3) is 5.91 Å². The van der Waals surface area contributed by atoms with E-state index in [-0.39, 0.29) is 30.7 Å². The molecule has 3 rings (SSSR count). The van der Waals surface area contributed by atoms with Gasteiger partial charge in [-0.05, 0) is 24.6 Å². The van der Waals surface area contributed by atoms with Crippen molar-refractivity contribution in [1.82, 2.24) is 4.90 Å². The Morgan fingerprint density at radius 3 is 2.66 bits per heavy atom. The topological polar surface area (TPSA) is 111 Å². The third kappa shape index (κ3) is 5.22. The Morgan fingerprint density at radius 1 is 1.28 bits per heavy atom. The van der Waals surface area contributed by atoms with E-state index in [1.165, 1.54) is 30.5 Å².